The molecule has 3 aromatic carbocycles. The molecule has 23 heteroatoms. The number of carbonyl (C=O) groups excluding carboxylic acids is 5. The van der Waals surface area contributed by atoms with Crippen LogP contribution in [0.4, 0.5) is 21.0 Å². The van der Waals surface area contributed by atoms with E-state index in [4.69, 9.17) is 37.3 Å². The summed E-state index contributed by atoms with van der Waals surface area (Å²) in [4.78, 5) is 93.0. The topological polar surface area (TPSA) is 252 Å². The molecule has 3 aromatic rings. The van der Waals surface area contributed by atoms with Gasteiger partial charge in [0.15, 0.2) is 5.12 Å². The molecule has 5 unspecified atom stereocenters. The molecule has 2 saturated heterocycles. The van der Waals surface area contributed by atoms with Crippen molar-refractivity contribution in [2.75, 3.05) is 33.0 Å². The molecule has 2 aliphatic rings. The van der Waals surface area contributed by atoms with Crippen molar-refractivity contribution >= 4 is 65.4 Å². The van der Waals surface area contributed by atoms with Crippen molar-refractivity contribution in [3.63, 3.8) is 0 Å². The van der Waals surface area contributed by atoms with Crippen molar-refractivity contribution in [1.29, 1.82) is 0 Å². The molecule has 0 radical (unpaired) electrons. The Morgan fingerprint density at radius 2 is 1.27 bits per heavy atom. The minimum atomic E-state index is -3.91. The van der Waals surface area contributed by atoms with E-state index in [1.165, 1.54) is 60.4 Å². The number of hydrogen-bond donors (Lipinski definition) is 0. The molecule has 0 aromatic heterocycles. The molecule has 0 saturated carbocycles. The van der Waals surface area contributed by atoms with Crippen LogP contribution in [0.5, 0.6) is 0 Å². The van der Waals surface area contributed by atoms with E-state index >= 15 is 0 Å². The van der Waals surface area contributed by atoms with E-state index in [0.29, 0.717) is 16.7 Å². The quantitative estimate of drug-likeness (QED) is 0.0222. The number of thioether (sulfide) groups is 1. The number of esters is 1. The van der Waals surface area contributed by atoms with E-state index in [0.717, 1.165) is 16.7 Å². The largest absolute Gasteiger partial charge is 0.508 e. The van der Waals surface area contributed by atoms with Gasteiger partial charge in [-0.15, -0.1) is 0 Å². The van der Waals surface area contributed by atoms with E-state index in [1.807, 2.05) is 0 Å². The molecule has 0 spiro atoms. The second-order valence-corrected chi connectivity index (χ2v) is 18.4. The summed E-state index contributed by atoms with van der Waals surface area (Å²) in [7, 11) is -3.91. The highest BCUT2D eigenvalue weighted by molar-refractivity contribution is 8.14. The first-order chi connectivity index (χ1) is 32.1. The van der Waals surface area contributed by atoms with Crippen LogP contribution in [0, 0.1) is 26.1 Å². The number of β-lactam (4-membered cyclic amide) rings is 1. The number of nitro benzene ring substituents is 2. The zero-order valence-electron chi connectivity index (χ0n) is 37.5. The number of nitro groups is 2. The van der Waals surface area contributed by atoms with Crippen LogP contribution >= 0.6 is 19.3 Å². The van der Waals surface area contributed by atoms with Crippen LogP contribution in [-0.4, -0.2) is 111 Å². The normalized spacial score (nSPS) is 18.4. The van der Waals surface area contributed by atoms with Gasteiger partial charge in [-0.3, -0.25) is 39.6 Å². The Kier molecular flexibility index (Phi) is 19.2. The zero-order valence-corrected chi connectivity index (χ0v) is 39.3. The van der Waals surface area contributed by atoms with Crippen molar-refractivity contribution in [3.05, 3.63) is 116 Å². The number of nitrogens with zero attached hydrogens (tertiary/aromatic N) is 4. The third-order valence-electron chi connectivity index (χ3n) is 10.3. The maximum atomic E-state index is 14.5. The molecule has 0 bridgehead atoms. The summed E-state index contributed by atoms with van der Waals surface area (Å²) < 4.78 is 46.3. The van der Waals surface area contributed by atoms with Crippen LogP contribution in [0.25, 0.3) is 0 Å². The van der Waals surface area contributed by atoms with E-state index in [-0.39, 0.29) is 76.0 Å². The molecule has 2 aliphatic heterocycles. The molecular formula is C44H53N4O17PS. The van der Waals surface area contributed by atoms with Gasteiger partial charge in [-0.25, -0.2) is 14.4 Å². The molecule has 2 fully saturated rings. The summed E-state index contributed by atoms with van der Waals surface area (Å²) in [5.74, 6) is -2.95. The first-order valence-electron chi connectivity index (χ1n) is 21.4. The van der Waals surface area contributed by atoms with Gasteiger partial charge in [0.05, 0.1) is 41.6 Å². The molecule has 2 heterocycles. The van der Waals surface area contributed by atoms with E-state index in [1.54, 1.807) is 58.0 Å². The second-order valence-electron chi connectivity index (χ2n) is 14.8. The van der Waals surface area contributed by atoms with Gasteiger partial charge in [0.1, 0.15) is 32.2 Å². The summed E-state index contributed by atoms with van der Waals surface area (Å²) >= 11 is 0.905. The standard InChI is InChI=1S/C44H53N4O17PS/c1-6-58-37-23-35(25-45(37)43(52)60-27-31-15-19-33(20-16-31)47(54)55)67-38(49)24-36-39(29(5)65-44(53)61-28-32-17-21-34(22-18-32)48(56)57)40(50)46(36)41(66(62-7-2,63-8-3)64-9-4)42(51)59-26-30-13-11-10-12-14-30/h10-22,29,35-37,39H,6-9,23-28H2,1-5H3. The predicted octanol–water partition coefficient (Wildman–Crippen LogP) is 7.54. The van der Waals surface area contributed by atoms with Gasteiger partial charge < -0.3 is 37.3 Å². The number of likely N-dealkylation sites (tertiary alicyclic amines) is 2. The number of rotatable bonds is 23. The maximum Gasteiger partial charge on any atom is 0.508 e. The number of benzene rings is 3. The number of non-ortho nitro benzene ring substituents is 2. The van der Waals surface area contributed by atoms with Gasteiger partial charge in [0, 0.05) is 55.5 Å². The summed E-state index contributed by atoms with van der Waals surface area (Å²) in [5, 5.41) is 21.2. The average Bonchev–Trinajstić information content (AvgIpc) is 3.70. The van der Waals surface area contributed by atoms with Crippen molar-refractivity contribution in [2.24, 2.45) is 5.92 Å². The SMILES string of the molecule is CCOC1CC(SC(=O)CC2C(C(C)OC(=O)OCc3ccc([N+](=O)[O-])cc3)C(=O)N2C(C(=O)OCc2ccccc2)=P(OCC)(OCC)OCC)CN1C(=O)OCc1ccc([N+](=O)[O-])cc1. The number of carbonyl (C=O) groups is 5. The summed E-state index contributed by atoms with van der Waals surface area (Å²) in [6, 6.07) is 18.5. The summed E-state index contributed by atoms with van der Waals surface area (Å²) in [6.07, 6.45) is -4.06. The van der Waals surface area contributed by atoms with Crippen LogP contribution < -0.4 is 0 Å². The third kappa shape index (κ3) is 13.6. The summed E-state index contributed by atoms with van der Waals surface area (Å²) in [5.41, 5.74) is 0.920. The summed E-state index contributed by atoms with van der Waals surface area (Å²) in [6.45, 7) is 7.70. The fourth-order valence-electron chi connectivity index (χ4n) is 7.35. The van der Waals surface area contributed by atoms with Crippen LogP contribution in [0.3, 0.4) is 0 Å². The van der Waals surface area contributed by atoms with Crippen LogP contribution in [0.2, 0.25) is 0 Å². The highest BCUT2D eigenvalue weighted by atomic mass is 32.2. The van der Waals surface area contributed by atoms with Crippen molar-refractivity contribution in [2.45, 2.75) is 90.9 Å². The van der Waals surface area contributed by atoms with Gasteiger partial charge in [-0.1, -0.05) is 42.1 Å². The Hall–Kier alpha value is -5.90. The van der Waals surface area contributed by atoms with Crippen LogP contribution in [-0.2, 0) is 71.5 Å². The minimum absolute atomic E-state index is 0.0102. The monoisotopic (exact) mass is 972 g/mol. The van der Waals surface area contributed by atoms with Crippen molar-refractivity contribution < 1.29 is 71.1 Å². The Bertz CT molecular complexity index is 2260. The van der Waals surface area contributed by atoms with Gasteiger partial charge in [0.25, 0.3) is 18.9 Å². The van der Waals surface area contributed by atoms with Crippen LogP contribution in [0.15, 0.2) is 78.9 Å². The van der Waals surface area contributed by atoms with Crippen molar-refractivity contribution in [3.8, 4) is 0 Å². The Labute approximate surface area is 390 Å². The van der Waals surface area contributed by atoms with E-state index in [9.17, 15) is 44.2 Å². The highest BCUT2D eigenvalue weighted by Gasteiger charge is 2.58. The molecule has 0 N–H and O–H groups in total. The maximum absolute atomic E-state index is 14.5. The predicted molar refractivity (Wildman–Crippen MR) is 242 cm³/mol. The van der Waals surface area contributed by atoms with Gasteiger partial charge >= 0.3 is 18.2 Å². The van der Waals surface area contributed by atoms with Gasteiger partial charge in [-0.2, -0.15) is 0 Å². The van der Waals surface area contributed by atoms with Crippen LogP contribution in [0.1, 0.15) is 64.2 Å². The van der Waals surface area contributed by atoms with Gasteiger partial charge in [0.2, 0.25) is 11.3 Å². The molecule has 2 amide bonds. The third-order valence-corrected chi connectivity index (χ3v) is 14.1. The minimum Gasteiger partial charge on any atom is -0.456 e. The Balaban J connectivity index is 1.40. The molecule has 67 heavy (non-hydrogen) atoms. The van der Waals surface area contributed by atoms with Gasteiger partial charge in [-0.05, 0) is 75.6 Å². The van der Waals surface area contributed by atoms with E-state index in [2.05, 4.69) is 0 Å². The van der Waals surface area contributed by atoms with Crippen molar-refractivity contribution in [1.82, 2.24) is 9.80 Å². The molecule has 362 valence electrons. The smallest absolute Gasteiger partial charge is 0.456 e. The average molecular weight is 973 g/mol. The molecule has 5 atom stereocenters. The number of hydrogen-bond acceptors (Lipinski definition) is 18. The molecule has 5 rings (SSSR count). The first kappa shape index (κ1) is 52.1. The highest BCUT2D eigenvalue weighted by Crippen LogP contribution is 2.55. The lowest BCUT2D eigenvalue weighted by Gasteiger charge is -2.49. The second kappa shape index (κ2) is 24.7. The first-order valence-corrected chi connectivity index (χ1v) is 23.9. The fraction of sp³-hybridized carbons (Fsp3) is 0.455. The zero-order chi connectivity index (χ0) is 48.7. The fourth-order valence-corrected chi connectivity index (χ4v) is 10.9. The Morgan fingerprint density at radius 1 is 0.746 bits per heavy atom. The lowest BCUT2D eigenvalue weighted by atomic mass is 9.81. The number of amides is 2. The molecule has 0 aliphatic carbocycles. The lowest BCUT2D eigenvalue weighted by Crippen LogP contribution is -2.68. The Morgan fingerprint density at radius 3 is 1.79 bits per heavy atom. The molecular weight excluding hydrogens is 920 g/mol. The number of ether oxygens (including phenoxy) is 5. The van der Waals surface area contributed by atoms with E-state index < -0.39 is 82.6 Å². The lowest BCUT2D eigenvalue weighted by molar-refractivity contribution is -0.385. The molecule has 21 nitrogen and oxygen atoms in total.